The Morgan fingerprint density at radius 1 is 0.935 bits per heavy atom. The molecule has 0 unspecified atom stereocenters. The largest absolute Gasteiger partial charge is 0.488 e. The number of benzene rings is 3. The van der Waals surface area contributed by atoms with Gasteiger partial charge in [0, 0.05) is 104 Å². The molecule has 1 aromatic heterocycles. The first-order valence-electron chi connectivity index (χ1n) is 21.8. The molecule has 0 radical (unpaired) electrons. The van der Waals surface area contributed by atoms with Crippen LogP contribution in [0.5, 0.6) is 5.75 Å². The number of ether oxygens (including phenoxy) is 1. The van der Waals surface area contributed by atoms with Gasteiger partial charge in [-0.2, -0.15) is 5.26 Å². The number of piperazine rings is 1. The summed E-state index contributed by atoms with van der Waals surface area (Å²) in [5, 5.41) is 15.9. The molecule has 3 aromatic carbocycles. The van der Waals surface area contributed by atoms with Gasteiger partial charge < -0.3 is 24.8 Å². The molecule has 1 saturated carbocycles. The van der Waals surface area contributed by atoms with E-state index in [0.717, 1.165) is 75.3 Å². The summed E-state index contributed by atoms with van der Waals surface area (Å²) in [5.41, 5.74) is 3.58. The highest BCUT2D eigenvalue weighted by molar-refractivity contribution is 6.05. The third-order valence-corrected chi connectivity index (χ3v) is 14.1. The van der Waals surface area contributed by atoms with Crippen molar-refractivity contribution in [1.82, 2.24) is 25.4 Å². The van der Waals surface area contributed by atoms with E-state index >= 15 is 4.39 Å². The van der Waals surface area contributed by atoms with Crippen molar-refractivity contribution in [3.05, 3.63) is 94.9 Å². The number of piperidine rings is 2. The Morgan fingerprint density at radius 2 is 1.69 bits per heavy atom. The molecule has 3 saturated heterocycles. The normalized spacial score (nSPS) is 23.7. The van der Waals surface area contributed by atoms with Crippen LogP contribution in [0.1, 0.15) is 85.2 Å². The molecule has 0 spiro atoms. The molecule has 4 aromatic rings. The number of halogens is 1. The smallest absolute Gasteiger partial charge is 0.255 e. The Balaban J connectivity index is 0.748. The maximum atomic E-state index is 15.8. The monoisotopic (exact) mass is 840 g/mol. The van der Waals surface area contributed by atoms with Gasteiger partial charge in [-0.05, 0) is 91.4 Å². The van der Waals surface area contributed by atoms with Crippen molar-refractivity contribution in [2.75, 3.05) is 55.6 Å². The molecule has 2 N–H and O–H groups in total. The molecule has 4 fully saturated rings. The number of amides is 4. The Hall–Kier alpha value is -6.07. The average Bonchev–Trinajstić information content (AvgIpc) is 3.59. The quantitative estimate of drug-likeness (QED) is 0.202. The van der Waals surface area contributed by atoms with Crippen molar-refractivity contribution in [2.24, 2.45) is 16.7 Å². The Morgan fingerprint density at radius 3 is 2.40 bits per heavy atom. The fraction of sp³-hybridized carbons (Fsp3) is 0.458. The molecule has 1 aliphatic carbocycles. The Labute approximate surface area is 361 Å². The van der Waals surface area contributed by atoms with Crippen molar-refractivity contribution in [3.63, 3.8) is 0 Å². The van der Waals surface area contributed by atoms with Crippen LogP contribution in [0, 0.1) is 33.9 Å². The van der Waals surface area contributed by atoms with Crippen LogP contribution in [0.2, 0.25) is 0 Å². The molecule has 9 rings (SSSR count). The van der Waals surface area contributed by atoms with E-state index in [1.807, 2.05) is 30.3 Å². The highest BCUT2D eigenvalue weighted by Gasteiger charge is 2.64. The van der Waals surface area contributed by atoms with E-state index in [0.29, 0.717) is 47.0 Å². The summed E-state index contributed by atoms with van der Waals surface area (Å²) in [5.74, 6) is -0.436. The second-order valence-corrected chi connectivity index (χ2v) is 18.8. The zero-order chi connectivity index (χ0) is 43.5. The van der Waals surface area contributed by atoms with Crippen LogP contribution >= 0.6 is 0 Å². The van der Waals surface area contributed by atoms with Crippen LogP contribution in [0.4, 0.5) is 15.8 Å². The number of carbonyl (C=O) groups excluding carboxylic acids is 4. The van der Waals surface area contributed by atoms with Crippen LogP contribution < -0.4 is 25.2 Å². The summed E-state index contributed by atoms with van der Waals surface area (Å²) >= 11 is 0. The van der Waals surface area contributed by atoms with Gasteiger partial charge in [-0.1, -0.05) is 27.7 Å². The maximum absolute atomic E-state index is 15.8. The number of hydrogen-bond donors (Lipinski definition) is 2. The van der Waals surface area contributed by atoms with Gasteiger partial charge in [0.2, 0.25) is 11.8 Å². The number of fused-ring (bicyclic) bond motifs is 2. The number of nitriles is 1. The van der Waals surface area contributed by atoms with Gasteiger partial charge >= 0.3 is 0 Å². The SMILES string of the molecule is CC1(C)[C@H](NC(=O)c2ccc(N3CCC(CN4CCN(c5ccc6c(c5)CN([C@H]5CCC(=O)NC5=O)C6=O)CC4)CC3)c(F)c2)C(C)(C)[C@H]1Oc1ccc(C#N)c2ncccc12. The number of imide groups is 1. The summed E-state index contributed by atoms with van der Waals surface area (Å²) in [4.78, 5) is 63.8. The van der Waals surface area contributed by atoms with Crippen molar-refractivity contribution >= 4 is 45.9 Å². The first-order valence-corrected chi connectivity index (χ1v) is 21.8. The van der Waals surface area contributed by atoms with E-state index in [-0.39, 0.29) is 41.9 Å². The summed E-state index contributed by atoms with van der Waals surface area (Å²) < 4.78 is 22.4. The van der Waals surface area contributed by atoms with E-state index in [4.69, 9.17) is 4.74 Å². The summed E-state index contributed by atoms with van der Waals surface area (Å²) in [6, 6.07) is 19.3. The minimum absolute atomic E-state index is 0.159. The fourth-order valence-corrected chi connectivity index (χ4v) is 11.1. The highest BCUT2D eigenvalue weighted by atomic mass is 19.1. The molecule has 14 heteroatoms. The molecule has 0 bridgehead atoms. The number of nitrogens with one attached hydrogen (secondary N) is 2. The van der Waals surface area contributed by atoms with Gasteiger partial charge in [0.05, 0.1) is 16.8 Å². The molecular formula is C48H53FN8O5. The van der Waals surface area contributed by atoms with Gasteiger partial charge in [-0.3, -0.25) is 34.4 Å². The van der Waals surface area contributed by atoms with Crippen LogP contribution in [-0.4, -0.2) is 102 Å². The predicted octanol–water partition coefficient (Wildman–Crippen LogP) is 5.66. The van der Waals surface area contributed by atoms with Crippen molar-refractivity contribution < 1.29 is 28.3 Å². The maximum Gasteiger partial charge on any atom is 0.255 e. The molecule has 4 aliphatic heterocycles. The zero-order valence-electron chi connectivity index (χ0n) is 35.7. The lowest BCUT2D eigenvalue weighted by molar-refractivity contribution is -0.163. The number of carbonyl (C=O) groups is 4. The molecule has 62 heavy (non-hydrogen) atoms. The second-order valence-electron chi connectivity index (χ2n) is 18.8. The molecule has 4 amide bonds. The van der Waals surface area contributed by atoms with E-state index in [2.05, 4.69) is 70.1 Å². The van der Waals surface area contributed by atoms with Gasteiger partial charge in [-0.25, -0.2) is 4.39 Å². The topological polar surface area (TPSA) is 151 Å². The molecular weight excluding hydrogens is 788 g/mol. The zero-order valence-corrected chi connectivity index (χ0v) is 35.7. The van der Waals surface area contributed by atoms with Gasteiger partial charge in [0.1, 0.15) is 29.8 Å². The van der Waals surface area contributed by atoms with Crippen LogP contribution in [0.15, 0.2) is 66.9 Å². The molecule has 1 atom stereocenters. The summed E-state index contributed by atoms with van der Waals surface area (Å²) in [7, 11) is 0. The minimum Gasteiger partial charge on any atom is -0.488 e. The van der Waals surface area contributed by atoms with Crippen molar-refractivity contribution in [1.29, 1.82) is 5.26 Å². The third-order valence-electron chi connectivity index (χ3n) is 14.1. The van der Waals surface area contributed by atoms with Gasteiger partial charge in [-0.15, -0.1) is 0 Å². The van der Waals surface area contributed by atoms with E-state index in [1.54, 1.807) is 29.3 Å². The van der Waals surface area contributed by atoms with Crippen LogP contribution in [0.25, 0.3) is 10.9 Å². The molecule has 5 heterocycles. The first-order chi connectivity index (χ1) is 29.7. The minimum atomic E-state index is -0.622. The number of hydrogen-bond acceptors (Lipinski definition) is 10. The molecule has 5 aliphatic rings. The predicted molar refractivity (Wildman–Crippen MR) is 232 cm³/mol. The lowest BCUT2D eigenvalue weighted by atomic mass is 9.49. The van der Waals surface area contributed by atoms with Gasteiger partial charge in [0.25, 0.3) is 11.8 Å². The molecule has 13 nitrogen and oxygen atoms in total. The lowest BCUT2D eigenvalue weighted by Gasteiger charge is -2.63. The second kappa shape index (κ2) is 16.0. The summed E-state index contributed by atoms with van der Waals surface area (Å²) in [6.45, 7) is 14.7. The summed E-state index contributed by atoms with van der Waals surface area (Å²) in [6.07, 6.45) is 3.89. The lowest BCUT2D eigenvalue weighted by Crippen LogP contribution is -2.74. The van der Waals surface area contributed by atoms with E-state index in [9.17, 15) is 24.4 Å². The Kier molecular flexibility index (Phi) is 10.7. The average molecular weight is 841 g/mol. The van der Waals surface area contributed by atoms with Crippen molar-refractivity contribution in [3.8, 4) is 11.8 Å². The number of anilines is 2. The number of rotatable bonds is 9. The Bertz CT molecular complexity index is 2490. The number of aromatic nitrogens is 1. The van der Waals surface area contributed by atoms with Crippen LogP contribution in [0.3, 0.4) is 0 Å². The fourth-order valence-electron chi connectivity index (χ4n) is 11.1. The van der Waals surface area contributed by atoms with Crippen LogP contribution in [-0.2, 0) is 16.1 Å². The number of nitrogens with zero attached hydrogens (tertiary/aromatic N) is 6. The highest BCUT2D eigenvalue weighted by Crippen LogP contribution is 2.56. The van der Waals surface area contributed by atoms with Gasteiger partial charge in [0.15, 0.2) is 0 Å². The number of pyridine rings is 1. The first kappa shape index (κ1) is 41.3. The van der Waals surface area contributed by atoms with E-state index < -0.39 is 28.6 Å². The third kappa shape index (κ3) is 7.40. The van der Waals surface area contributed by atoms with E-state index in [1.165, 1.54) is 6.07 Å². The molecule has 322 valence electrons. The van der Waals surface area contributed by atoms with Crippen molar-refractivity contribution in [2.45, 2.75) is 78.1 Å². The standard InChI is InChI=1S/C48H53FN8O5/c1-47(2)45(48(3,4)46(47)62-39-13-8-31(26-50)41-35(39)6-5-17-51-41)53-42(59)30-7-11-37(36(49)25-30)56-18-15-29(16-19-56)27-54-20-22-55(23-21-54)33-9-10-34-32(24-33)28-57(44(34)61)38-12-14-40(58)52-43(38)60/h5-11,13,17,24-25,29,38,45-46H,12,14-16,18-23,27-28H2,1-4H3,(H,53,59)(H,52,58,60)/t38-,45-,46-/m0/s1.